The number of hydrogen-bond acceptors (Lipinski definition) is 3. The summed E-state index contributed by atoms with van der Waals surface area (Å²) in [7, 11) is 0. The fraction of sp³-hybridized carbons (Fsp3) is 0. The largest absolute Gasteiger partial charge is 0.456 e. The smallest absolute Gasteiger partial charge is 0.204 e. The molecule has 0 saturated carbocycles. The number of hydrogen-bond donors (Lipinski definition) is 0. The molecular formula is C38H19N3OS. The lowest BCUT2D eigenvalue weighted by Crippen LogP contribution is -1.93. The molecular weight excluding hydrogens is 547 g/mol. The Balaban J connectivity index is 1.36. The summed E-state index contributed by atoms with van der Waals surface area (Å²) in [6, 6.07) is 41.5. The summed E-state index contributed by atoms with van der Waals surface area (Å²) in [6.07, 6.45) is 0. The quantitative estimate of drug-likeness (QED) is 0.196. The van der Waals surface area contributed by atoms with Gasteiger partial charge in [-0.15, -0.1) is 11.3 Å². The van der Waals surface area contributed by atoms with Crippen LogP contribution in [-0.2, 0) is 0 Å². The fourth-order valence-corrected chi connectivity index (χ4v) is 7.86. The molecule has 0 fully saturated rings. The van der Waals surface area contributed by atoms with Gasteiger partial charge in [-0.2, -0.15) is 5.26 Å². The second-order valence-corrected chi connectivity index (χ2v) is 11.7. The molecule has 0 aliphatic heterocycles. The van der Waals surface area contributed by atoms with E-state index < -0.39 is 0 Å². The molecule has 0 bridgehead atoms. The monoisotopic (exact) mass is 565 g/mol. The minimum Gasteiger partial charge on any atom is -0.456 e. The first kappa shape index (κ1) is 23.8. The van der Waals surface area contributed by atoms with Crippen LogP contribution in [0.2, 0.25) is 0 Å². The summed E-state index contributed by atoms with van der Waals surface area (Å²) in [6.45, 7) is 7.98. The third-order valence-electron chi connectivity index (χ3n) is 8.46. The van der Waals surface area contributed by atoms with E-state index in [0.717, 1.165) is 80.7 Å². The molecule has 0 N–H and O–H groups in total. The summed E-state index contributed by atoms with van der Waals surface area (Å²) in [4.78, 5) is 3.92. The van der Waals surface area contributed by atoms with Crippen LogP contribution in [0.25, 0.3) is 85.6 Å². The van der Waals surface area contributed by atoms with E-state index in [4.69, 9.17) is 11.0 Å². The normalized spacial score (nSPS) is 11.7. The van der Waals surface area contributed by atoms with Crippen molar-refractivity contribution in [2.24, 2.45) is 0 Å². The molecule has 9 rings (SSSR count). The SMILES string of the molecule is [C-]#[N+]c1ccc(-c2ccc3c(c2)oc2ccccc23)c2c1sc1c(-n3c4ccccc4c4cc(C#N)ccc43)cccc12. The van der Waals surface area contributed by atoms with Crippen LogP contribution in [-0.4, -0.2) is 4.57 Å². The van der Waals surface area contributed by atoms with E-state index in [9.17, 15) is 5.26 Å². The third-order valence-corrected chi connectivity index (χ3v) is 9.71. The molecule has 6 aromatic carbocycles. The van der Waals surface area contributed by atoms with Crippen molar-refractivity contribution in [3.8, 4) is 22.9 Å². The second kappa shape index (κ2) is 8.81. The predicted octanol–water partition coefficient (Wildman–Crippen LogP) is 11.1. The number of aromatic nitrogens is 1. The zero-order valence-electron chi connectivity index (χ0n) is 22.6. The molecule has 0 atom stereocenters. The fourth-order valence-electron chi connectivity index (χ4n) is 6.57. The van der Waals surface area contributed by atoms with Gasteiger partial charge in [0, 0.05) is 31.6 Å². The van der Waals surface area contributed by atoms with E-state index in [1.165, 1.54) is 0 Å². The molecule has 9 aromatic rings. The van der Waals surface area contributed by atoms with Gasteiger partial charge in [0.1, 0.15) is 11.2 Å². The summed E-state index contributed by atoms with van der Waals surface area (Å²) in [5.74, 6) is 0. The van der Waals surface area contributed by atoms with Gasteiger partial charge in [0.15, 0.2) is 0 Å². The zero-order valence-corrected chi connectivity index (χ0v) is 23.4. The molecule has 3 aromatic heterocycles. The number of benzene rings is 6. The summed E-state index contributed by atoms with van der Waals surface area (Å²) in [5.41, 5.74) is 8.34. The molecule has 5 heteroatoms. The number of nitriles is 1. The number of fused-ring (bicyclic) bond motifs is 9. The van der Waals surface area contributed by atoms with Gasteiger partial charge in [-0.3, -0.25) is 0 Å². The van der Waals surface area contributed by atoms with Crippen molar-refractivity contribution >= 4 is 80.9 Å². The van der Waals surface area contributed by atoms with E-state index in [1.807, 2.05) is 48.5 Å². The van der Waals surface area contributed by atoms with Crippen LogP contribution >= 0.6 is 11.3 Å². The van der Waals surface area contributed by atoms with Gasteiger partial charge in [-0.1, -0.05) is 66.7 Å². The van der Waals surface area contributed by atoms with Gasteiger partial charge < -0.3 is 8.98 Å². The average molecular weight is 566 g/mol. The van der Waals surface area contributed by atoms with Gasteiger partial charge in [-0.05, 0) is 65.0 Å². The lowest BCUT2D eigenvalue weighted by molar-refractivity contribution is 0.669. The minimum atomic E-state index is 0.642. The molecule has 43 heavy (non-hydrogen) atoms. The maximum Gasteiger partial charge on any atom is 0.204 e. The molecule has 3 heterocycles. The van der Waals surface area contributed by atoms with Gasteiger partial charge in [0.05, 0.1) is 39.6 Å². The first-order valence-corrected chi connectivity index (χ1v) is 14.8. The molecule has 0 unspecified atom stereocenters. The summed E-state index contributed by atoms with van der Waals surface area (Å²) >= 11 is 1.67. The number of para-hydroxylation sites is 2. The molecule has 0 aliphatic rings. The maximum atomic E-state index is 9.59. The van der Waals surface area contributed by atoms with Crippen LogP contribution in [0.4, 0.5) is 5.69 Å². The second-order valence-electron chi connectivity index (χ2n) is 10.7. The van der Waals surface area contributed by atoms with Gasteiger partial charge in [-0.25, -0.2) is 4.85 Å². The van der Waals surface area contributed by atoms with Gasteiger partial charge in [0.2, 0.25) is 5.69 Å². The molecule has 0 aliphatic carbocycles. The Kier molecular flexibility index (Phi) is 4.87. The van der Waals surface area contributed by atoms with Gasteiger partial charge in [0.25, 0.3) is 0 Å². The highest BCUT2D eigenvalue weighted by atomic mass is 32.1. The van der Waals surface area contributed by atoms with Crippen molar-refractivity contribution in [3.63, 3.8) is 0 Å². The molecule has 0 spiro atoms. The zero-order chi connectivity index (χ0) is 28.7. The topological polar surface area (TPSA) is 46.2 Å². The van der Waals surface area contributed by atoms with Gasteiger partial charge >= 0.3 is 0 Å². The third kappa shape index (κ3) is 3.29. The minimum absolute atomic E-state index is 0.642. The average Bonchev–Trinajstić information content (AvgIpc) is 3.73. The number of thiophene rings is 1. The van der Waals surface area contributed by atoms with Crippen molar-refractivity contribution in [2.45, 2.75) is 0 Å². The van der Waals surface area contributed by atoms with Crippen molar-refractivity contribution in [3.05, 3.63) is 132 Å². The van der Waals surface area contributed by atoms with Crippen LogP contribution in [0.15, 0.2) is 120 Å². The first-order chi connectivity index (χ1) is 21.2. The van der Waals surface area contributed by atoms with Crippen LogP contribution in [0.3, 0.4) is 0 Å². The lowest BCUT2D eigenvalue weighted by Gasteiger charge is -2.10. The van der Waals surface area contributed by atoms with Crippen molar-refractivity contribution in [1.82, 2.24) is 4.57 Å². The number of nitrogens with zero attached hydrogens (tertiary/aromatic N) is 3. The van der Waals surface area contributed by atoms with Crippen LogP contribution in [0.1, 0.15) is 5.56 Å². The van der Waals surface area contributed by atoms with Crippen molar-refractivity contribution in [1.29, 1.82) is 5.26 Å². The highest BCUT2D eigenvalue weighted by Gasteiger charge is 2.20. The van der Waals surface area contributed by atoms with Crippen LogP contribution in [0, 0.1) is 17.9 Å². The first-order valence-electron chi connectivity index (χ1n) is 13.9. The van der Waals surface area contributed by atoms with Crippen LogP contribution < -0.4 is 0 Å². The molecule has 4 nitrogen and oxygen atoms in total. The van der Waals surface area contributed by atoms with Crippen molar-refractivity contribution in [2.75, 3.05) is 0 Å². The highest BCUT2D eigenvalue weighted by Crippen LogP contribution is 2.48. The Morgan fingerprint density at radius 2 is 1.47 bits per heavy atom. The number of rotatable bonds is 2. The standard InChI is InChI=1S/C38H19N3OS/c1-40-30-17-16-24(23-14-15-27-26-8-3-5-12-34(26)42-35(27)20-23)36-28-9-6-11-33(37(28)43-38(30)36)41-31-10-4-2-7-25(31)29-19-22(21-39)13-18-32(29)41/h2-20H. The Morgan fingerprint density at radius 1 is 0.674 bits per heavy atom. The van der Waals surface area contributed by atoms with E-state index in [1.54, 1.807) is 11.3 Å². The van der Waals surface area contributed by atoms with E-state index in [-0.39, 0.29) is 0 Å². The molecule has 198 valence electrons. The van der Waals surface area contributed by atoms with E-state index in [0.29, 0.717) is 11.3 Å². The Labute approximate surface area is 249 Å². The lowest BCUT2D eigenvalue weighted by atomic mass is 9.97. The maximum absolute atomic E-state index is 9.59. The Bertz CT molecular complexity index is 2710. The molecule has 0 saturated heterocycles. The van der Waals surface area contributed by atoms with Crippen molar-refractivity contribution < 1.29 is 4.42 Å². The van der Waals surface area contributed by atoms with E-state index in [2.05, 4.69) is 82.2 Å². The number of furan rings is 1. The summed E-state index contributed by atoms with van der Waals surface area (Å²) in [5, 5.41) is 16.1. The predicted molar refractivity (Wildman–Crippen MR) is 177 cm³/mol. The molecule has 0 radical (unpaired) electrons. The molecule has 0 amide bonds. The Hall–Kier alpha value is -5.88. The summed E-state index contributed by atoms with van der Waals surface area (Å²) < 4.78 is 10.6. The van der Waals surface area contributed by atoms with E-state index >= 15 is 0 Å². The highest BCUT2D eigenvalue weighted by molar-refractivity contribution is 7.27. The van der Waals surface area contributed by atoms with Crippen LogP contribution in [0.5, 0.6) is 0 Å². The Morgan fingerprint density at radius 3 is 2.35 bits per heavy atom.